The number of hydrogen-bond donors (Lipinski definition) is 1. The van der Waals surface area contributed by atoms with Crippen molar-refractivity contribution >= 4 is 11.9 Å². The predicted molar refractivity (Wildman–Crippen MR) is 118 cm³/mol. The number of carboxylic acids is 1. The Morgan fingerprint density at radius 1 is 1.16 bits per heavy atom. The van der Waals surface area contributed by atoms with Crippen molar-refractivity contribution < 1.29 is 24.2 Å². The summed E-state index contributed by atoms with van der Waals surface area (Å²) in [5.74, 6) is -0.612. The standard InChI is InChI=1S/C25H35NO5/c1-17-15-18(2)20-16-21(30-23(29)12-11-22(27)28)25(4,31-24(20)19(17)3)13-9-7-5-6-8-10-14-26/h15,21H,5-13,16H2,1-4H3,(H,27,28)/t21?,25-/m1/s1. The first-order valence-electron chi connectivity index (χ1n) is 11.2. The zero-order valence-corrected chi connectivity index (χ0v) is 19.3. The van der Waals surface area contributed by atoms with Crippen LogP contribution in [0, 0.1) is 32.1 Å². The number of ether oxygens (including phenoxy) is 2. The highest BCUT2D eigenvalue weighted by molar-refractivity contribution is 5.76. The van der Waals surface area contributed by atoms with E-state index in [0.717, 1.165) is 61.0 Å². The van der Waals surface area contributed by atoms with Gasteiger partial charge in [0, 0.05) is 18.4 Å². The number of nitriles is 1. The molecule has 0 fully saturated rings. The van der Waals surface area contributed by atoms with E-state index < -0.39 is 23.6 Å². The van der Waals surface area contributed by atoms with Crippen LogP contribution in [0.15, 0.2) is 6.07 Å². The number of rotatable bonds is 11. The van der Waals surface area contributed by atoms with E-state index in [-0.39, 0.29) is 12.8 Å². The van der Waals surface area contributed by atoms with Crippen LogP contribution in [0.4, 0.5) is 0 Å². The Bertz CT molecular complexity index is 841. The van der Waals surface area contributed by atoms with Gasteiger partial charge in [-0.1, -0.05) is 25.3 Å². The molecule has 0 spiro atoms. The van der Waals surface area contributed by atoms with Crippen LogP contribution < -0.4 is 4.74 Å². The zero-order chi connectivity index (χ0) is 23.0. The van der Waals surface area contributed by atoms with Crippen molar-refractivity contribution in [3.05, 3.63) is 28.3 Å². The summed E-state index contributed by atoms with van der Waals surface area (Å²) in [4.78, 5) is 23.2. The maximum absolute atomic E-state index is 12.3. The first-order valence-corrected chi connectivity index (χ1v) is 11.2. The summed E-state index contributed by atoms with van der Waals surface area (Å²) in [7, 11) is 0. The van der Waals surface area contributed by atoms with Gasteiger partial charge in [0.25, 0.3) is 0 Å². The number of hydrogen-bond acceptors (Lipinski definition) is 5. The normalized spacial score (nSPS) is 19.8. The van der Waals surface area contributed by atoms with E-state index in [0.29, 0.717) is 12.8 Å². The number of unbranched alkanes of at least 4 members (excludes halogenated alkanes) is 5. The Kier molecular flexibility index (Phi) is 8.91. The fourth-order valence-electron chi connectivity index (χ4n) is 4.21. The molecule has 0 saturated carbocycles. The molecule has 1 N–H and O–H groups in total. The van der Waals surface area contributed by atoms with Crippen LogP contribution in [0.3, 0.4) is 0 Å². The molecule has 0 amide bonds. The molecule has 0 aliphatic carbocycles. The fraction of sp³-hybridized carbons (Fsp3) is 0.640. The first-order chi connectivity index (χ1) is 14.7. The minimum absolute atomic E-state index is 0.139. The van der Waals surface area contributed by atoms with Crippen LogP contribution in [0.2, 0.25) is 0 Å². The summed E-state index contributed by atoms with van der Waals surface area (Å²) < 4.78 is 12.3. The van der Waals surface area contributed by atoms with Gasteiger partial charge < -0.3 is 14.6 Å². The van der Waals surface area contributed by atoms with Gasteiger partial charge in [-0.25, -0.2) is 0 Å². The minimum atomic E-state index is -1.01. The lowest BCUT2D eigenvalue weighted by Crippen LogP contribution is -2.51. The van der Waals surface area contributed by atoms with Crippen molar-refractivity contribution in [1.29, 1.82) is 5.26 Å². The predicted octanol–water partition coefficient (Wildman–Crippen LogP) is 5.34. The molecule has 0 saturated heterocycles. The van der Waals surface area contributed by atoms with E-state index in [1.54, 1.807) is 0 Å². The molecule has 1 unspecified atom stereocenters. The first kappa shape index (κ1) is 24.7. The lowest BCUT2D eigenvalue weighted by molar-refractivity contribution is -0.165. The highest BCUT2D eigenvalue weighted by atomic mass is 16.6. The van der Waals surface area contributed by atoms with Gasteiger partial charge in [-0.2, -0.15) is 5.26 Å². The molecule has 6 nitrogen and oxygen atoms in total. The average Bonchev–Trinajstić information content (AvgIpc) is 2.71. The van der Waals surface area contributed by atoms with Crippen LogP contribution in [-0.4, -0.2) is 28.8 Å². The molecule has 170 valence electrons. The lowest BCUT2D eigenvalue weighted by atomic mass is 9.82. The maximum Gasteiger partial charge on any atom is 0.306 e. The molecule has 31 heavy (non-hydrogen) atoms. The Balaban J connectivity index is 2.15. The van der Waals surface area contributed by atoms with Crippen LogP contribution in [0.25, 0.3) is 0 Å². The number of esters is 1. The Labute approximate surface area is 185 Å². The van der Waals surface area contributed by atoms with E-state index in [2.05, 4.69) is 26.0 Å². The van der Waals surface area contributed by atoms with Gasteiger partial charge in [-0.15, -0.1) is 0 Å². The Hall–Kier alpha value is -2.55. The van der Waals surface area contributed by atoms with E-state index >= 15 is 0 Å². The lowest BCUT2D eigenvalue weighted by Gasteiger charge is -2.43. The van der Waals surface area contributed by atoms with Gasteiger partial charge in [0.05, 0.1) is 18.9 Å². The zero-order valence-electron chi connectivity index (χ0n) is 19.3. The number of fused-ring (bicyclic) bond motifs is 1. The van der Waals surface area contributed by atoms with Crippen LogP contribution in [-0.2, 0) is 20.7 Å². The molecule has 1 aliphatic rings. The third kappa shape index (κ3) is 6.72. The molecule has 2 rings (SSSR count). The van der Waals surface area contributed by atoms with Gasteiger partial charge in [-0.05, 0) is 63.6 Å². The number of carboxylic acid groups (broad SMARTS) is 1. The van der Waals surface area contributed by atoms with Crippen LogP contribution in [0.1, 0.15) is 87.0 Å². The molecule has 6 heteroatoms. The quantitative estimate of drug-likeness (QED) is 0.377. The van der Waals surface area contributed by atoms with Crippen molar-refractivity contribution in [1.82, 2.24) is 0 Å². The van der Waals surface area contributed by atoms with Gasteiger partial charge in [0.2, 0.25) is 0 Å². The number of aliphatic carboxylic acids is 1. The topological polar surface area (TPSA) is 96.6 Å². The third-order valence-electron chi connectivity index (χ3n) is 6.30. The molecule has 1 aromatic rings. The summed E-state index contributed by atoms with van der Waals surface area (Å²) in [5, 5.41) is 17.5. The van der Waals surface area contributed by atoms with Gasteiger partial charge >= 0.3 is 11.9 Å². The van der Waals surface area contributed by atoms with E-state index in [1.807, 2.05) is 13.8 Å². The molecule has 0 radical (unpaired) electrons. The Morgan fingerprint density at radius 2 is 1.84 bits per heavy atom. The number of carbonyl (C=O) groups is 2. The maximum atomic E-state index is 12.3. The van der Waals surface area contributed by atoms with Crippen molar-refractivity contribution in [2.75, 3.05) is 0 Å². The van der Waals surface area contributed by atoms with Crippen LogP contribution >= 0.6 is 0 Å². The molecule has 2 atom stereocenters. The average molecular weight is 430 g/mol. The number of carbonyl (C=O) groups excluding carboxylic acids is 1. The molecule has 0 aromatic heterocycles. The number of nitrogens with zero attached hydrogens (tertiary/aromatic N) is 1. The second-order valence-corrected chi connectivity index (χ2v) is 8.86. The number of benzene rings is 1. The summed E-state index contributed by atoms with van der Waals surface area (Å²) in [6, 6.07) is 4.31. The fourth-order valence-corrected chi connectivity index (χ4v) is 4.21. The van der Waals surface area contributed by atoms with Crippen LogP contribution in [0.5, 0.6) is 5.75 Å². The monoisotopic (exact) mass is 429 g/mol. The summed E-state index contributed by atoms with van der Waals surface area (Å²) in [6.45, 7) is 8.17. The van der Waals surface area contributed by atoms with E-state index in [1.165, 1.54) is 5.56 Å². The molecular formula is C25H35NO5. The van der Waals surface area contributed by atoms with Gasteiger partial charge in [0.1, 0.15) is 17.5 Å². The van der Waals surface area contributed by atoms with E-state index in [9.17, 15) is 9.59 Å². The summed E-state index contributed by atoms with van der Waals surface area (Å²) >= 11 is 0. The molecule has 0 bridgehead atoms. The van der Waals surface area contributed by atoms with Crippen molar-refractivity contribution in [2.24, 2.45) is 0 Å². The third-order valence-corrected chi connectivity index (χ3v) is 6.30. The highest BCUT2D eigenvalue weighted by Crippen LogP contribution is 2.42. The van der Waals surface area contributed by atoms with E-state index in [4.69, 9.17) is 19.8 Å². The molecular weight excluding hydrogens is 394 g/mol. The molecule has 1 aromatic carbocycles. The van der Waals surface area contributed by atoms with Crippen molar-refractivity contribution in [2.45, 2.75) is 104 Å². The highest BCUT2D eigenvalue weighted by Gasteiger charge is 2.44. The van der Waals surface area contributed by atoms with Gasteiger partial charge in [-0.3, -0.25) is 9.59 Å². The largest absolute Gasteiger partial charge is 0.483 e. The number of aryl methyl sites for hydroxylation is 2. The summed E-state index contributed by atoms with van der Waals surface area (Å²) in [5.41, 5.74) is 3.80. The van der Waals surface area contributed by atoms with Crippen molar-refractivity contribution in [3.8, 4) is 11.8 Å². The van der Waals surface area contributed by atoms with Gasteiger partial charge in [0.15, 0.2) is 0 Å². The molecule has 1 heterocycles. The minimum Gasteiger partial charge on any atom is -0.483 e. The summed E-state index contributed by atoms with van der Waals surface area (Å²) in [6.07, 6.45) is 6.08. The Morgan fingerprint density at radius 3 is 2.52 bits per heavy atom. The SMILES string of the molecule is Cc1cc(C)c2c(c1C)O[C@](C)(CCCCCCCC#N)C(OC(=O)CCC(=O)O)C2. The molecule has 1 aliphatic heterocycles. The van der Waals surface area contributed by atoms with Crippen molar-refractivity contribution in [3.63, 3.8) is 0 Å². The second-order valence-electron chi connectivity index (χ2n) is 8.86. The smallest absolute Gasteiger partial charge is 0.306 e. The second kappa shape index (κ2) is 11.2.